The maximum atomic E-state index is 14.1. The molecule has 0 saturated carbocycles. The Morgan fingerprint density at radius 2 is 1.58 bits per heavy atom. The van der Waals surface area contributed by atoms with Gasteiger partial charge in [0.2, 0.25) is 0 Å². The zero-order chi connectivity index (χ0) is 18.6. The highest BCUT2D eigenvalue weighted by molar-refractivity contribution is 6.40. The van der Waals surface area contributed by atoms with Gasteiger partial charge in [-0.25, -0.2) is 18.4 Å². The van der Waals surface area contributed by atoms with Crippen LogP contribution in [0.4, 0.5) is 14.6 Å². The molecule has 5 nitrogen and oxygen atoms in total. The van der Waals surface area contributed by atoms with Gasteiger partial charge in [0.05, 0.1) is 11.1 Å². The van der Waals surface area contributed by atoms with Gasteiger partial charge in [-0.15, -0.1) is 0 Å². The van der Waals surface area contributed by atoms with Crippen LogP contribution in [0.1, 0.15) is 20.7 Å². The van der Waals surface area contributed by atoms with Crippen molar-refractivity contribution in [2.24, 2.45) is 7.05 Å². The molecule has 0 fully saturated rings. The van der Waals surface area contributed by atoms with Gasteiger partial charge < -0.3 is 0 Å². The summed E-state index contributed by atoms with van der Waals surface area (Å²) in [6.45, 7) is 0. The maximum Gasteiger partial charge on any atom is 0.267 e. The van der Waals surface area contributed by atoms with E-state index < -0.39 is 23.4 Å². The molecule has 2 amide bonds. The molecule has 0 atom stereocenters. The van der Waals surface area contributed by atoms with Gasteiger partial charge >= 0.3 is 0 Å². The first-order valence-electron chi connectivity index (χ1n) is 7.56. The second-order valence-electron chi connectivity index (χ2n) is 5.73. The lowest BCUT2D eigenvalue weighted by Crippen LogP contribution is -2.31. The van der Waals surface area contributed by atoms with Crippen molar-refractivity contribution < 1.29 is 18.4 Å². The summed E-state index contributed by atoms with van der Waals surface area (Å²) in [7, 11) is 1.48. The van der Waals surface area contributed by atoms with Crippen molar-refractivity contribution in [3.05, 3.63) is 70.2 Å². The number of aryl methyl sites for hydroxylation is 1. The monoisotopic (exact) mass is 373 g/mol. The highest BCUT2D eigenvalue weighted by Crippen LogP contribution is 2.39. The summed E-state index contributed by atoms with van der Waals surface area (Å²) in [6, 6.07) is 9.37. The molecule has 26 heavy (non-hydrogen) atoms. The molecule has 2 heterocycles. The van der Waals surface area contributed by atoms with Gasteiger partial charge in [-0.1, -0.05) is 23.7 Å². The molecule has 0 spiro atoms. The highest BCUT2D eigenvalue weighted by atomic mass is 35.5. The number of anilines is 1. The second-order valence-corrected chi connectivity index (χ2v) is 6.10. The third-order valence-electron chi connectivity index (χ3n) is 4.15. The lowest BCUT2D eigenvalue weighted by molar-refractivity contribution is 0.0923. The lowest BCUT2D eigenvalue weighted by atomic mass is 10.1. The number of carbonyl (C=O) groups excluding carboxylic acids is 2. The Labute approximate surface area is 151 Å². The zero-order valence-electron chi connectivity index (χ0n) is 13.3. The molecule has 4 rings (SSSR count). The summed E-state index contributed by atoms with van der Waals surface area (Å²) >= 11 is 6.34. The van der Waals surface area contributed by atoms with Crippen molar-refractivity contribution in [1.82, 2.24) is 9.78 Å². The summed E-state index contributed by atoms with van der Waals surface area (Å²) in [4.78, 5) is 26.2. The normalized spacial score (nSPS) is 13.5. The minimum atomic E-state index is -0.848. The number of amides is 2. The number of imide groups is 1. The minimum absolute atomic E-state index is 0.0122. The fraction of sp³-hybridized carbons (Fsp3) is 0.0556. The average Bonchev–Trinajstić information content (AvgIpc) is 3.02. The minimum Gasteiger partial charge on any atom is -0.268 e. The van der Waals surface area contributed by atoms with Crippen molar-refractivity contribution in [1.29, 1.82) is 0 Å². The van der Waals surface area contributed by atoms with E-state index in [-0.39, 0.29) is 33.2 Å². The Morgan fingerprint density at radius 1 is 0.962 bits per heavy atom. The van der Waals surface area contributed by atoms with Crippen molar-refractivity contribution in [2.45, 2.75) is 0 Å². The van der Waals surface area contributed by atoms with Gasteiger partial charge in [-0.05, 0) is 24.3 Å². The molecule has 0 bridgehead atoms. The number of benzene rings is 2. The highest BCUT2D eigenvalue weighted by Gasteiger charge is 2.40. The van der Waals surface area contributed by atoms with Crippen molar-refractivity contribution in [3.8, 4) is 11.3 Å². The fourth-order valence-corrected chi connectivity index (χ4v) is 3.31. The molecule has 1 aliphatic rings. The quantitative estimate of drug-likeness (QED) is 0.642. The molecule has 0 radical (unpaired) electrons. The van der Waals surface area contributed by atoms with Crippen LogP contribution in [-0.4, -0.2) is 21.6 Å². The van der Waals surface area contributed by atoms with Crippen LogP contribution in [0.25, 0.3) is 11.3 Å². The predicted molar refractivity (Wildman–Crippen MR) is 91.2 cm³/mol. The van der Waals surface area contributed by atoms with Gasteiger partial charge in [0.1, 0.15) is 22.4 Å². The molecule has 0 aliphatic carbocycles. The summed E-state index contributed by atoms with van der Waals surface area (Å²) in [5.74, 6) is -2.64. The number of hydrogen-bond acceptors (Lipinski definition) is 3. The van der Waals surface area contributed by atoms with E-state index in [2.05, 4.69) is 5.10 Å². The van der Waals surface area contributed by atoms with E-state index in [4.69, 9.17) is 11.6 Å². The van der Waals surface area contributed by atoms with Crippen molar-refractivity contribution >= 4 is 29.2 Å². The topological polar surface area (TPSA) is 55.2 Å². The maximum absolute atomic E-state index is 14.1. The molecule has 0 saturated heterocycles. The van der Waals surface area contributed by atoms with Crippen LogP contribution in [0, 0.1) is 11.6 Å². The summed E-state index contributed by atoms with van der Waals surface area (Å²) in [5.41, 5.74) is 0.488. The molecule has 0 N–H and O–H groups in total. The van der Waals surface area contributed by atoms with Gasteiger partial charge in [-0.2, -0.15) is 5.10 Å². The second kappa shape index (κ2) is 5.74. The van der Waals surface area contributed by atoms with Gasteiger partial charge in [-0.3, -0.25) is 9.59 Å². The van der Waals surface area contributed by atoms with E-state index in [0.717, 1.165) is 11.0 Å². The van der Waals surface area contributed by atoms with E-state index in [0.29, 0.717) is 6.07 Å². The summed E-state index contributed by atoms with van der Waals surface area (Å²) < 4.78 is 28.5. The van der Waals surface area contributed by atoms with Gasteiger partial charge in [0, 0.05) is 18.7 Å². The number of halogens is 3. The number of hydrogen-bond donors (Lipinski definition) is 0. The predicted octanol–water partition coefficient (Wildman–Crippen LogP) is 3.82. The van der Waals surface area contributed by atoms with Crippen LogP contribution in [-0.2, 0) is 7.05 Å². The molecule has 8 heteroatoms. The van der Waals surface area contributed by atoms with E-state index in [1.165, 1.54) is 17.8 Å². The van der Waals surface area contributed by atoms with Crippen molar-refractivity contribution in [2.75, 3.05) is 4.90 Å². The lowest BCUT2D eigenvalue weighted by Gasteiger charge is -2.14. The Hall–Kier alpha value is -3.06. The molecule has 130 valence electrons. The van der Waals surface area contributed by atoms with Crippen LogP contribution >= 0.6 is 11.6 Å². The molecule has 1 aliphatic heterocycles. The van der Waals surface area contributed by atoms with E-state index in [1.807, 2.05) is 0 Å². The van der Waals surface area contributed by atoms with E-state index in [1.54, 1.807) is 24.3 Å². The van der Waals surface area contributed by atoms with E-state index in [9.17, 15) is 18.4 Å². The molecule has 0 unspecified atom stereocenters. The summed E-state index contributed by atoms with van der Waals surface area (Å²) in [5, 5.41) is 4.05. The van der Waals surface area contributed by atoms with Crippen LogP contribution in [0.3, 0.4) is 0 Å². The first kappa shape index (κ1) is 16.4. The number of fused-ring (bicyclic) bond motifs is 1. The fourth-order valence-electron chi connectivity index (χ4n) is 2.97. The first-order valence-corrected chi connectivity index (χ1v) is 7.93. The molecular weight excluding hydrogens is 364 g/mol. The Morgan fingerprint density at radius 3 is 2.15 bits per heavy atom. The SMILES string of the molecule is Cn1nc(-c2ccc(F)cc2F)c(Cl)c1N1C(=O)c2ccccc2C1=O. The number of nitrogens with zero attached hydrogens (tertiary/aromatic N) is 3. The van der Waals surface area contributed by atoms with Crippen LogP contribution in [0.15, 0.2) is 42.5 Å². The molecule has 2 aromatic carbocycles. The number of rotatable bonds is 2. The van der Waals surface area contributed by atoms with Gasteiger partial charge in [0.25, 0.3) is 11.8 Å². The number of aromatic nitrogens is 2. The Kier molecular flexibility index (Phi) is 3.62. The first-order chi connectivity index (χ1) is 12.4. The number of carbonyl (C=O) groups is 2. The van der Waals surface area contributed by atoms with E-state index >= 15 is 0 Å². The third-order valence-corrected chi connectivity index (χ3v) is 4.50. The molecule has 1 aromatic heterocycles. The molecule has 3 aromatic rings. The van der Waals surface area contributed by atoms with Crippen molar-refractivity contribution in [3.63, 3.8) is 0 Å². The van der Waals surface area contributed by atoms with Gasteiger partial charge in [0.15, 0.2) is 5.82 Å². The smallest absolute Gasteiger partial charge is 0.267 e. The third kappa shape index (κ3) is 2.24. The van der Waals surface area contributed by atoms with Crippen LogP contribution < -0.4 is 4.90 Å². The standard InChI is InChI=1S/C18H10ClF2N3O2/c1-23-16(24-17(25)10-4-2-3-5-11(10)18(24)26)14(19)15(22-23)12-7-6-9(20)8-13(12)21/h2-8H,1H3. The van der Waals surface area contributed by atoms with Crippen LogP contribution in [0.2, 0.25) is 5.02 Å². The van der Waals surface area contributed by atoms with Crippen LogP contribution in [0.5, 0.6) is 0 Å². The average molecular weight is 374 g/mol. The zero-order valence-corrected chi connectivity index (χ0v) is 14.1. The Bertz CT molecular complexity index is 1060. The Balaban J connectivity index is 1.86. The molecular formula is C18H10ClF2N3O2. The summed E-state index contributed by atoms with van der Waals surface area (Å²) in [6.07, 6.45) is 0. The largest absolute Gasteiger partial charge is 0.268 e.